The molecule has 3 rings (SSSR count). The standard InChI is InChI=1S/C16H15N3O4S/c1-22-12-7-5-6-11(10-12)15-17-18-16(23-15)13-8-3-4-9-14(13)19-24(2,20)21/h3-10,19H,1-2H3. The van der Waals surface area contributed by atoms with Gasteiger partial charge in [0.05, 0.1) is 24.6 Å². The van der Waals surface area contributed by atoms with Crippen LogP contribution in [0.2, 0.25) is 0 Å². The summed E-state index contributed by atoms with van der Waals surface area (Å²) in [5.74, 6) is 1.21. The molecule has 0 saturated carbocycles. The van der Waals surface area contributed by atoms with Crippen LogP contribution in [0, 0.1) is 0 Å². The molecule has 0 aliphatic carbocycles. The molecule has 0 unspecified atom stereocenters. The van der Waals surface area contributed by atoms with E-state index >= 15 is 0 Å². The summed E-state index contributed by atoms with van der Waals surface area (Å²) in [6.07, 6.45) is 1.08. The minimum absolute atomic E-state index is 0.222. The van der Waals surface area contributed by atoms with Crippen LogP contribution in [0.1, 0.15) is 0 Å². The van der Waals surface area contributed by atoms with Crippen LogP contribution in [0.4, 0.5) is 5.69 Å². The quantitative estimate of drug-likeness (QED) is 0.764. The number of hydrogen-bond acceptors (Lipinski definition) is 6. The lowest BCUT2D eigenvalue weighted by Crippen LogP contribution is -2.10. The Morgan fingerprint density at radius 1 is 1.04 bits per heavy atom. The Bertz CT molecular complexity index is 967. The van der Waals surface area contributed by atoms with Crippen molar-refractivity contribution in [2.75, 3.05) is 18.1 Å². The molecule has 0 aliphatic heterocycles. The summed E-state index contributed by atoms with van der Waals surface area (Å²) >= 11 is 0. The van der Waals surface area contributed by atoms with Crippen molar-refractivity contribution in [3.05, 3.63) is 48.5 Å². The second-order valence-electron chi connectivity index (χ2n) is 5.06. The second-order valence-corrected chi connectivity index (χ2v) is 6.81. The Balaban J connectivity index is 1.99. The SMILES string of the molecule is COc1cccc(-c2nnc(-c3ccccc3NS(C)(=O)=O)o2)c1. The maximum absolute atomic E-state index is 11.5. The summed E-state index contributed by atoms with van der Waals surface area (Å²) in [4.78, 5) is 0. The lowest BCUT2D eigenvalue weighted by Gasteiger charge is -2.07. The van der Waals surface area contributed by atoms with E-state index in [1.165, 1.54) is 0 Å². The van der Waals surface area contributed by atoms with Gasteiger partial charge in [0.2, 0.25) is 21.8 Å². The molecule has 0 bridgehead atoms. The van der Waals surface area contributed by atoms with E-state index in [2.05, 4.69) is 14.9 Å². The van der Waals surface area contributed by atoms with Crippen LogP contribution in [-0.4, -0.2) is 32.0 Å². The highest BCUT2D eigenvalue weighted by Crippen LogP contribution is 2.30. The molecule has 1 N–H and O–H groups in total. The summed E-state index contributed by atoms with van der Waals surface area (Å²) in [7, 11) is -1.84. The van der Waals surface area contributed by atoms with Crippen molar-refractivity contribution in [3.8, 4) is 28.7 Å². The van der Waals surface area contributed by atoms with Crippen LogP contribution in [0.25, 0.3) is 22.9 Å². The van der Waals surface area contributed by atoms with Crippen LogP contribution >= 0.6 is 0 Å². The molecule has 0 aliphatic rings. The number of anilines is 1. The first-order valence-electron chi connectivity index (χ1n) is 7.01. The molecule has 0 amide bonds. The van der Waals surface area contributed by atoms with Crippen LogP contribution in [-0.2, 0) is 10.0 Å². The van der Waals surface area contributed by atoms with Crippen molar-refractivity contribution in [1.82, 2.24) is 10.2 Å². The summed E-state index contributed by atoms with van der Waals surface area (Å²) in [6.45, 7) is 0. The van der Waals surface area contributed by atoms with E-state index in [1.54, 1.807) is 37.4 Å². The van der Waals surface area contributed by atoms with Gasteiger partial charge in [-0.3, -0.25) is 4.72 Å². The monoisotopic (exact) mass is 345 g/mol. The number of methoxy groups -OCH3 is 1. The van der Waals surface area contributed by atoms with Gasteiger partial charge in [-0.2, -0.15) is 0 Å². The molecular weight excluding hydrogens is 330 g/mol. The van der Waals surface area contributed by atoms with Crippen molar-refractivity contribution >= 4 is 15.7 Å². The Labute approximate surface area is 139 Å². The van der Waals surface area contributed by atoms with E-state index < -0.39 is 10.0 Å². The number of sulfonamides is 1. The van der Waals surface area contributed by atoms with Crippen LogP contribution in [0.5, 0.6) is 5.75 Å². The van der Waals surface area contributed by atoms with E-state index in [0.717, 1.165) is 6.26 Å². The Kier molecular flexibility index (Phi) is 4.22. The summed E-state index contributed by atoms with van der Waals surface area (Å²) in [6, 6.07) is 14.0. The molecule has 8 heteroatoms. The molecule has 0 atom stereocenters. The largest absolute Gasteiger partial charge is 0.497 e. The summed E-state index contributed by atoms with van der Waals surface area (Å²) < 4.78 is 36.3. The number of rotatable bonds is 5. The molecule has 2 aromatic carbocycles. The fourth-order valence-electron chi connectivity index (χ4n) is 2.16. The van der Waals surface area contributed by atoms with E-state index in [0.29, 0.717) is 28.5 Å². The third kappa shape index (κ3) is 3.54. The predicted octanol–water partition coefficient (Wildman–Crippen LogP) is 2.78. The van der Waals surface area contributed by atoms with Gasteiger partial charge in [-0.15, -0.1) is 10.2 Å². The molecule has 0 saturated heterocycles. The van der Waals surface area contributed by atoms with Gasteiger partial charge < -0.3 is 9.15 Å². The predicted molar refractivity (Wildman–Crippen MR) is 90.2 cm³/mol. The highest BCUT2D eigenvalue weighted by molar-refractivity contribution is 7.92. The zero-order valence-corrected chi connectivity index (χ0v) is 13.9. The first kappa shape index (κ1) is 16.0. The Morgan fingerprint density at radius 3 is 2.54 bits per heavy atom. The van der Waals surface area contributed by atoms with E-state index in [9.17, 15) is 8.42 Å². The summed E-state index contributed by atoms with van der Waals surface area (Å²) in [5, 5.41) is 8.04. The number of ether oxygens (including phenoxy) is 1. The number of benzene rings is 2. The maximum atomic E-state index is 11.5. The van der Waals surface area contributed by atoms with Gasteiger partial charge in [0.1, 0.15) is 5.75 Å². The minimum atomic E-state index is -3.42. The van der Waals surface area contributed by atoms with Gasteiger partial charge in [-0.05, 0) is 30.3 Å². The van der Waals surface area contributed by atoms with Gasteiger partial charge in [-0.25, -0.2) is 8.42 Å². The number of nitrogens with one attached hydrogen (secondary N) is 1. The van der Waals surface area contributed by atoms with Crippen LogP contribution in [0.15, 0.2) is 52.9 Å². The zero-order chi connectivity index (χ0) is 17.2. The van der Waals surface area contributed by atoms with Crippen molar-refractivity contribution in [2.24, 2.45) is 0 Å². The minimum Gasteiger partial charge on any atom is -0.497 e. The average molecular weight is 345 g/mol. The van der Waals surface area contributed by atoms with Crippen molar-refractivity contribution in [1.29, 1.82) is 0 Å². The highest BCUT2D eigenvalue weighted by atomic mass is 32.2. The fraction of sp³-hybridized carbons (Fsp3) is 0.125. The molecule has 24 heavy (non-hydrogen) atoms. The molecule has 7 nitrogen and oxygen atoms in total. The van der Waals surface area contributed by atoms with Crippen molar-refractivity contribution in [2.45, 2.75) is 0 Å². The number of para-hydroxylation sites is 1. The third-order valence-electron chi connectivity index (χ3n) is 3.19. The maximum Gasteiger partial charge on any atom is 0.250 e. The molecular formula is C16H15N3O4S. The van der Waals surface area contributed by atoms with E-state index in [-0.39, 0.29) is 5.89 Å². The molecule has 0 spiro atoms. The molecule has 3 aromatic rings. The van der Waals surface area contributed by atoms with E-state index in [4.69, 9.17) is 9.15 Å². The fourth-order valence-corrected chi connectivity index (χ4v) is 2.74. The first-order chi connectivity index (χ1) is 11.5. The van der Waals surface area contributed by atoms with Gasteiger partial charge in [0, 0.05) is 5.56 Å². The topological polar surface area (TPSA) is 94.3 Å². The van der Waals surface area contributed by atoms with Crippen LogP contribution in [0.3, 0.4) is 0 Å². The number of hydrogen-bond donors (Lipinski definition) is 1. The molecule has 124 valence electrons. The van der Waals surface area contributed by atoms with Gasteiger partial charge in [-0.1, -0.05) is 18.2 Å². The van der Waals surface area contributed by atoms with Gasteiger partial charge in [0.25, 0.3) is 0 Å². The smallest absolute Gasteiger partial charge is 0.250 e. The highest BCUT2D eigenvalue weighted by Gasteiger charge is 2.15. The van der Waals surface area contributed by atoms with Gasteiger partial charge >= 0.3 is 0 Å². The summed E-state index contributed by atoms with van der Waals surface area (Å²) in [5.41, 5.74) is 1.59. The molecule has 0 radical (unpaired) electrons. The van der Waals surface area contributed by atoms with Crippen molar-refractivity contribution < 1.29 is 17.6 Å². The molecule has 1 aromatic heterocycles. The number of nitrogens with zero attached hydrogens (tertiary/aromatic N) is 2. The Morgan fingerprint density at radius 2 is 1.79 bits per heavy atom. The van der Waals surface area contributed by atoms with Crippen LogP contribution < -0.4 is 9.46 Å². The third-order valence-corrected chi connectivity index (χ3v) is 3.79. The van der Waals surface area contributed by atoms with E-state index in [1.807, 2.05) is 18.2 Å². The first-order valence-corrected chi connectivity index (χ1v) is 8.90. The lowest BCUT2D eigenvalue weighted by atomic mass is 10.2. The second kappa shape index (κ2) is 6.32. The Hall–Kier alpha value is -2.87. The zero-order valence-electron chi connectivity index (χ0n) is 13.1. The molecule has 1 heterocycles. The van der Waals surface area contributed by atoms with Gasteiger partial charge in [0.15, 0.2) is 0 Å². The lowest BCUT2D eigenvalue weighted by molar-refractivity contribution is 0.415. The number of aromatic nitrogens is 2. The average Bonchev–Trinajstić information content (AvgIpc) is 3.04. The normalized spacial score (nSPS) is 11.2. The molecule has 0 fully saturated rings. The van der Waals surface area contributed by atoms with Crippen molar-refractivity contribution in [3.63, 3.8) is 0 Å².